The summed E-state index contributed by atoms with van der Waals surface area (Å²) in [6.07, 6.45) is 39.8. The molecule has 0 saturated heterocycles. The fourth-order valence-corrected chi connectivity index (χ4v) is 8.54. The van der Waals surface area contributed by atoms with Crippen LogP contribution in [0.2, 0.25) is 0 Å². The minimum absolute atomic E-state index is 0.322. The van der Waals surface area contributed by atoms with Gasteiger partial charge in [-0.15, -0.1) is 0 Å². The van der Waals surface area contributed by atoms with Gasteiger partial charge in [0.05, 0.1) is 0 Å². The quantitative estimate of drug-likeness (QED) is 0.0725. The van der Waals surface area contributed by atoms with E-state index in [1.165, 1.54) is 203 Å². The number of benzene rings is 2. The van der Waals surface area contributed by atoms with E-state index in [4.69, 9.17) is 5.11 Å². The molecule has 288 valence electrons. The van der Waals surface area contributed by atoms with Crippen molar-refractivity contribution in [1.29, 1.82) is 0 Å². The zero-order chi connectivity index (χ0) is 36.0. The van der Waals surface area contributed by atoms with E-state index in [9.17, 15) is 0 Å². The van der Waals surface area contributed by atoms with Crippen molar-refractivity contribution >= 4 is 23.5 Å². The molecule has 0 aliphatic carbocycles. The lowest BCUT2D eigenvalue weighted by atomic mass is 10.0. The van der Waals surface area contributed by atoms with Crippen molar-refractivity contribution < 1.29 is 5.11 Å². The van der Waals surface area contributed by atoms with Crippen molar-refractivity contribution in [3.63, 3.8) is 0 Å². The van der Waals surface area contributed by atoms with Crippen LogP contribution in [0.5, 0.6) is 5.75 Å². The van der Waals surface area contributed by atoms with Gasteiger partial charge in [-0.25, -0.2) is 0 Å². The first kappa shape index (κ1) is 47.0. The number of hydrogen-bond acceptors (Lipinski definition) is 3. The van der Waals surface area contributed by atoms with Crippen LogP contribution < -0.4 is 0 Å². The molecule has 2 aromatic rings. The predicted molar refractivity (Wildman–Crippen MR) is 232 cm³/mol. The molecule has 3 heteroatoms. The molecule has 0 fully saturated rings. The van der Waals surface area contributed by atoms with E-state index in [-0.39, 0.29) is 0 Å². The summed E-state index contributed by atoms with van der Waals surface area (Å²) in [5.41, 5.74) is 4.79. The summed E-state index contributed by atoms with van der Waals surface area (Å²) in [4.78, 5) is 0. The Kier molecular flexibility index (Phi) is 35.4. The molecule has 0 atom stereocenters. The standard InChI is InChI=1S/C41H76S2.C6H6O/c1-4-7-10-13-16-18-20-23-26-29-32-42-37-40-34-39(31-28-25-22-15-12-9-6-3)35-41(36-40)38-43-33-30-27-24-21-19-17-14-11-8-5-2;7-6-4-2-1-3-5-6/h34-36H,4-33,37-38H2,1-3H3;1-5,7H. The van der Waals surface area contributed by atoms with E-state index in [1.807, 2.05) is 6.07 Å². The minimum Gasteiger partial charge on any atom is -0.508 e. The first-order valence-electron chi connectivity index (χ1n) is 21.7. The van der Waals surface area contributed by atoms with E-state index in [1.54, 1.807) is 41.0 Å². The lowest BCUT2D eigenvalue weighted by Gasteiger charge is -2.11. The van der Waals surface area contributed by atoms with Crippen molar-refractivity contribution in [2.24, 2.45) is 0 Å². The average molecular weight is 727 g/mol. The molecular formula is C47H82OS2. The molecule has 50 heavy (non-hydrogen) atoms. The molecule has 0 radical (unpaired) electrons. The van der Waals surface area contributed by atoms with E-state index >= 15 is 0 Å². The normalized spacial score (nSPS) is 11.1. The third-order valence-corrected chi connectivity index (χ3v) is 12.0. The Morgan fingerprint density at radius 3 is 1.04 bits per heavy atom. The van der Waals surface area contributed by atoms with E-state index in [0.717, 1.165) is 0 Å². The lowest BCUT2D eigenvalue weighted by molar-refractivity contribution is 0.475. The highest BCUT2D eigenvalue weighted by atomic mass is 32.2. The molecule has 0 amide bonds. The van der Waals surface area contributed by atoms with E-state index in [0.29, 0.717) is 5.75 Å². The van der Waals surface area contributed by atoms with Crippen LogP contribution in [0.4, 0.5) is 0 Å². The van der Waals surface area contributed by atoms with Crippen molar-refractivity contribution in [1.82, 2.24) is 0 Å². The van der Waals surface area contributed by atoms with Crippen LogP contribution in [0.1, 0.15) is 211 Å². The number of hydrogen-bond donors (Lipinski definition) is 1. The maximum absolute atomic E-state index is 8.63. The highest BCUT2D eigenvalue weighted by Crippen LogP contribution is 2.24. The molecule has 0 aromatic heterocycles. The van der Waals surface area contributed by atoms with Crippen LogP contribution in [0.15, 0.2) is 48.5 Å². The highest BCUT2D eigenvalue weighted by molar-refractivity contribution is 7.98. The Hall–Kier alpha value is -1.06. The summed E-state index contributed by atoms with van der Waals surface area (Å²) in [6, 6.07) is 16.4. The van der Waals surface area contributed by atoms with Gasteiger partial charge in [0, 0.05) is 11.5 Å². The molecule has 2 rings (SSSR count). The monoisotopic (exact) mass is 727 g/mol. The van der Waals surface area contributed by atoms with Crippen LogP contribution in [0.3, 0.4) is 0 Å². The van der Waals surface area contributed by atoms with Gasteiger partial charge in [-0.05, 0) is 66.0 Å². The highest BCUT2D eigenvalue weighted by Gasteiger charge is 2.04. The number of thioether (sulfide) groups is 2. The van der Waals surface area contributed by atoms with Gasteiger partial charge >= 0.3 is 0 Å². The van der Waals surface area contributed by atoms with Crippen LogP contribution in [-0.4, -0.2) is 16.6 Å². The van der Waals surface area contributed by atoms with Gasteiger partial charge in [0.2, 0.25) is 0 Å². The summed E-state index contributed by atoms with van der Waals surface area (Å²) >= 11 is 4.36. The summed E-state index contributed by atoms with van der Waals surface area (Å²) in [5.74, 6) is 5.40. The fourth-order valence-electron chi connectivity index (χ4n) is 6.63. The Morgan fingerprint density at radius 1 is 0.380 bits per heavy atom. The Labute approximate surface area is 321 Å². The number of unbranched alkanes of at least 4 members (excludes halogenated alkanes) is 24. The molecular weight excluding hydrogens is 645 g/mol. The van der Waals surface area contributed by atoms with Gasteiger partial charge in [-0.3, -0.25) is 0 Å². The van der Waals surface area contributed by atoms with Crippen LogP contribution >= 0.6 is 23.5 Å². The number of phenols is 1. The van der Waals surface area contributed by atoms with Crippen molar-refractivity contribution in [2.45, 2.75) is 212 Å². The third-order valence-electron chi connectivity index (χ3n) is 9.76. The molecule has 2 aromatic carbocycles. The zero-order valence-electron chi connectivity index (χ0n) is 33.5. The Morgan fingerprint density at radius 2 is 0.700 bits per heavy atom. The SMILES string of the molecule is CCCCCCCCCCCCSCc1cc(CCCCCCCCC)cc(CSCCCCCCCCCCCC)c1.Oc1ccccc1. The molecule has 0 unspecified atom stereocenters. The van der Waals surface area contributed by atoms with Crippen molar-refractivity contribution in [2.75, 3.05) is 11.5 Å². The lowest BCUT2D eigenvalue weighted by Crippen LogP contribution is -1.95. The van der Waals surface area contributed by atoms with Gasteiger partial charge in [-0.2, -0.15) is 23.5 Å². The molecule has 0 aliphatic rings. The molecule has 0 bridgehead atoms. The van der Waals surface area contributed by atoms with Gasteiger partial charge < -0.3 is 5.11 Å². The molecule has 0 aliphatic heterocycles. The second-order valence-corrected chi connectivity index (χ2v) is 17.0. The number of phenolic OH excluding ortho intramolecular Hbond substituents is 1. The fraction of sp³-hybridized carbons (Fsp3) is 0.745. The number of rotatable bonds is 34. The van der Waals surface area contributed by atoms with E-state index < -0.39 is 0 Å². The van der Waals surface area contributed by atoms with Crippen LogP contribution in [0, 0.1) is 0 Å². The largest absolute Gasteiger partial charge is 0.508 e. The topological polar surface area (TPSA) is 20.2 Å². The molecule has 1 N–H and O–H groups in total. The minimum atomic E-state index is 0.322. The summed E-state index contributed by atoms with van der Waals surface area (Å²) in [6.45, 7) is 6.94. The number of aromatic hydroxyl groups is 1. The first-order chi connectivity index (χ1) is 24.7. The second-order valence-electron chi connectivity index (χ2n) is 14.8. The zero-order valence-corrected chi connectivity index (χ0v) is 35.1. The summed E-state index contributed by atoms with van der Waals surface area (Å²) in [5, 5.41) is 8.63. The van der Waals surface area contributed by atoms with E-state index in [2.05, 4.69) is 62.5 Å². The maximum atomic E-state index is 8.63. The summed E-state index contributed by atoms with van der Waals surface area (Å²) in [7, 11) is 0. The second kappa shape index (κ2) is 37.7. The smallest absolute Gasteiger partial charge is 0.115 e. The molecule has 0 heterocycles. The van der Waals surface area contributed by atoms with Crippen LogP contribution in [0.25, 0.3) is 0 Å². The van der Waals surface area contributed by atoms with Gasteiger partial charge in [0.1, 0.15) is 5.75 Å². The summed E-state index contributed by atoms with van der Waals surface area (Å²) < 4.78 is 0. The Bertz CT molecular complexity index is 899. The third kappa shape index (κ3) is 31.7. The Balaban J connectivity index is 0.00000158. The molecule has 0 spiro atoms. The van der Waals surface area contributed by atoms with Gasteiger partial charge in [-0.1, -0.05) is 211 Å². The average Bonchev–Trinajstić information content (AvgIpc) is 3.13. The molecule has 0 saturated carbocycles. The molecule has 1 nitrogen and oxygen atoms in total. The predicted octanol–water partition coefficient (Wildman–Crippen LogP) is 16.7. The van der Waals surface area contributed by atoms with Crippen molar-refractivity contribution in [3.05, 3.63) is 65.2 Å². The number of para-hydroxylation sites is 1. The van der Waals surface area contributed by atoms with Crippen LogP contribution in [-0.2, 0) is 17.9 Å². The van der Waals surface area contributed by atoms with Gasteiger partial charge in [0.15, 0.2) is 0 Å². The first-order valence-corrected chi connectivity index (χ1v) is 24.0. The van der Waals surface area contributed by atoms with Gasteiger partial charge in [0.25, 0.3) is 0 Å². The maximum Gasteiger partial charge on any atom is 0.115 e. The van der Waals surface area contributed by atoms with Crippen molar-refractivity contribution in [3.8, 4) is 5.75 Å². The number of aryl methyl sites for hydroxylation is 1.